The summed E-state index contributed by atoms with van der Waals surface area (Å²) in [4.78, 5) is 10.00. The third-order valence-electron chi connectivity index (χ3n) is 5.31. The maximum Gasteiger partial charge on any atom is 0.230 e. The van der Waals surface area contributed by atoms with Crippen LogP contribution < -0.4 is 10.9 Å². The zero-order valence-electron chi connectivity index (χ0n) is 16.5. The molecule has 4 nitrogen and oxygen atoms in total. The maximum atomic E-state index is 6.24. The standard InChI is InChI=1S/C22H26BN2O2/c1-21(2)15-26-19(24-21)23(17-11-7-5-8-12-17,18-13-9-6-10-14-18)20-25-22(3,4)16-27-20/h5-14H,15-16H2,1-4H3/q-1. The molecule has 0 fully saturated rings. The van der Waals surface area contributed by atoms with Crippen molar-refractivity contribution in [2.45, 2.75) is 38.8 Å². The molecule has 2 aromatic carbocycles. The lowest BCUT2D eigenvalue weighted by molar-refractivity contribution is 0.278. The molecular formula is C22H26BN2O2-. The van der Waals surface area contributed by atoms with Gasteiger partial charge in [-0.05, 0) is 27.7 Å². The second-order valence-corrected chi connectivity index (χ2v) is 8.79. The minimum Gasteiger partial charge on any atom is -0.518 e. The van der Waals surface area contributed by atoms with E-state index in [1.807, 2.05) is 12.1 Å². The van der Waals surface area contributed by atoms with Gasteiger partial charge in [-0.1, -0.05) is 60.7 Å². The minimum atomic E-state index is -1.69. The van der Waals surface area contributed by atoms with Crippen LogP contribution in [0.1, 0.15) is 27.7 Å². The average Bonchev–Trinajstić information content (AvgIpc) is 3.20. The lowest BCUT2D eigenvalue weighted by Crippen LogP contribution is -2.70. The van der Waals surface area contributed by atoms with Crippen molar-refractivity contribution in [1.82, 2.24) is 0 Å². The number of benzene rings is 2. The molecule has 0 amide bonds. The lowest BCUT2D eigenvalue weighted by atomic mass is 9.17. The molecule has 27 heavy (non-hydrogen) atoms. The summed E-state index contributed by atoms with van der Waals surface area (Å²) in [7, 11) is 0. The topological polar surface area (TPSA) is 43.2 Å². The highest BCUT2D eigenvalue weighted by molar-refractivity contribution is 7.38. The molecule has 2 aliphatic rings. The van der Waals surface area contributed by atoms with Gasteiger partial charge in [0.05, 0.1) is 11.1 Å². The van der Waals surface area contributed by atoms with Crippen molar-refractivity contribution in [3.63, 3.8) is 0 Å². The molecule has 2 heterocycles. The van der Waals surface area contributed by atoms with Gasteiger partial charge in [0.1, 0.15) is 13.2 Å². The van der Waals surface area contributed by atoms with Crippen LogP contribution in [0.4, 0.5) is 0 Å². The monoisotopic (exact) mass is 361 g/mol. The van der Waals surface area contributed by atoms with Gasteiger partial charge in [-0.3, -0.25) is 9.98 Å². The summed E-state index contributed by atoms with van der Waals surface area (Å²) < 4.78 is 12.5. The molecule has 0 spiro atoms. The van der Waals surface area contributed by atoms with Gasteiger partial charge >= 0.3 is 0 Å². The van der Waals surface area contributed by atoms with Crippen molar-refractivity contribution in [1.29, 1.82) is 0 Å². The number of hydrogen-bond donors (Lipinski definition) is 0. The summed E-state index contributed by atoms with van der Waals surface area (Å²) in [5.41, 5.74) is 1.69. The van der Waals surface area contributed by atoms with Crippen LogP contribution in [0, 0.1) is 0 Å². The van der Waals surface area contributed by atoms with Gasteiger partial charge < -0.3 is 9.47 Å². The predicted molar refractivity (Wildman–Crippen MR) is 113 cm³/mol. The number of nitrogens with zero attached hydrogens (tertiary/aromatic N) is 2. The Kier molecular flexibility index (Phi) is 4.13. The zero-order chi connectivity index (χ0) is 19.1. The number of rotatable bonds is 4. The summed E-state index contributed by atoms with van der Waals surface area (Å²) in [5, 5.41) is 0. The summed E-state index contributed by atoms with van der Waals surface area (Å²) in [6, 6.07) is 20.8. The van der Waals surface area contributed by atoms with Crippen molar-refractivity contribution in [2.75, 3.05) is 13.2 Å². The van der Waals surface area contributed by atoms with Gasteiger partial charge in [0.15, 0.2) is 0 Å². The van der Waals surface area contributed by atoms with E-state index in [4.69, 9.17) is 19.5 Å². The molecule has 0 bridgehead atoms. The Hall–Kier alpha value is -2.56. The minimum absolute atomic E-state index is 0.263. The maximum absolute atomic E-state index is 6.24. The Bertz CT molecular complexity index is 814. The van der Waals surface area contributed by atoms with E-state index in [-0.39, 0.29) is 11.1 Å². The Morgan fingerprint density at radius 3 is 1.33 bits per heavy atom. The Balaban J connectivity index is 2.04. The highest BCUT2D eigenvalue weighted by Crippen LogP contribution is 2.28. The molecule has 2 aliphatic heterocycles. The molecular weight excluding hydrogens is 335 g/mol. The molecule has 140 valence electrons. The largest absolute Gasteiger partial charge is 0.518 e. The van der Waals surface area contributed by atoms with E-state index in [2.05, 4.69) is 76.2 Å². The molecule has 0 atom stereocenters. The Labute approximate surface area is 161 Å². The van der Waals surface area contributed by atoms with Crippen molar-refractivity contribution in [2.24, 2.45) is 9.98 Å². The van der Waals surface area contributed by atoms with Gasteiger partial charge in [-0.2, -0.15) is 10.9 Å². The highest BCUT2D eigenvalue weighted by Gasteiger charge is 2.47. The van der Waals surface area contributed by atoms with Crippen LogP contribution in [-0.4, -0.2) is 42.0 Å². The molecule has 0 saturated carbocycles. The molecule has 5 heteroatoms. The normalized spacial score (nSPS) is 20.4. The zero-order valence-corrected chi connectivity index (χ0v) is 16.5. The van der Waals surface area contributed by atoms with E-state index in [0.717, 1.165) is 10.9 Å². The molecule has 0 aliphatic carbocycles. The molecule has 0 aromatic heterocycles. The van der Waals surface area contributed by atoms with Crippen LogP contribution in [0.15, 0.2) is 70.6 Å². The summed E-state index contributed by atoms with van der Waals surface area (Å²) >= 11 is 0. The quantitative estimate of drug-likeness (QED) is 0.786. The smallest absolute Gasteiger partial charge is 0.230 e. The molecule has 0 saturated heterocycles. The fourth-order valence-electron chi connectivity index (χ4n) is 4.02. The first kappa shape index (κ1) is 17.8. The fourth-order valence-corrected chi connectivity index (χ4v) is 4.02. The lowest BCUT2D eigenvalue weighted by Gasteiger charge is -2.40. The van der Waals surface area contributed by atoms with Crippen LogP contribution in [-0.2, 0) is 9.47 Å². The van der Waals surface area contributed by atoms with Gasteiger partial charge in [0, 0.05) is 11.6 Å². The van der Waals surface area contributed by atoms with Crippen LogP contribution in [0.25, 0.3) is 0 Å². The fraction of sp³-hybridized carbons (Fsp3) is 0.364. The van der Waals surface area contributed by atoms with Crippen molar-refractivity contribution >= 4 is 28.7 Å². The van der Waals surface area contributed by atoms with Crippen molar-refractivity contribution in [3.05, 3.63) is 60.7 Å². The number of aliphatic imine (C=N–C) groups is 2. The van der Waals surface area contributed by atoms with E-state index < -0.39 is 6.15 Å². The summed E-state index contributed by atoms with van der Waals surface area (Å²) in [6.45, 7) is 9.50. The van der Waals surface area contributed by atoms with E-state index >= 15 is 0 Å². The molecule has 0 N–H and O–H groups in total. The van der Waals surface area contributed by atoms with E-state index in [1.165, 1.54) is 0 Å². The number of ether oxygens (including phenoxy) is 2. The van der Waals surface area contributed by atoms with E-state index in [0.29, 0.717) is 24.8 Å². The van der Waals surface area contributed by atoms with Crippen LogP contribution >= 0.6 is 0 Å². The van der Waals surface area contributed by atoms with Crippen LogP contribution in [0.3, 0.4) is 0 Å². The van der Waals surface area contributed by atoms with Crippen molar-refractivity contribution in [3.8, 4) is 0 Å². The summed E-state index contributed by atoms with van der Waals surface area (Å²) in [5.74, 6) is 1.43. The van der Waals surface area contributed by atoms with Crippen LogP contribution in [0.5, 0.6) is 0 Å². The first-order chi connectivity index (χ1) is 12.8. The van der Waals surface area contributed by atoms with Gasteiger partial charge in [0.2, 0.25) is 6.15 Å². The average molecular weight is 361 g/mol. The first-order valence-electron chi connectivity index (χ1n) is 9.56. The first-order valence-corrected chi connectivity index (χ1v) is 9.56. The second-order valence-electron chi connectivity index (χ2n) is 8.79. The summed E-state index contributed by atoms with van der Waals surface area (Å²) in [6.07, 6.45) is -1.69. The molecule has 0 radical (unpaired) electrons. The molecule has 2 aromatic rings. The van der Waals surface area contributed by atoms with E-state index in [1.54, 1.807) is 0 Å². The van der Waals surface area contributed by atoms with Gasteiger partial charge in [0.25, 0.3) is 0 Å². The Morgan fingerprint density at radius 1 is 0.667 bits per heavy atom. The third kappa shape index (κ3) is 3.05. The van der Waals surface area contributed by atoms with Gasteiger partial charge in [-0.15, -0.1) is 0 Å². The van der Waals surface area contributed by atoms with E-state index in [9.17, 15) is 0 Å². The second kappa shape index (κ2) is 6.26. The van der Waals surface area contributed by atoms with Crippen LogP contribution in [0.2, 0.25) is 0 Å². The number of hydrogen-bond acceptors (Lipinski definition) is 4. The molecule has 4 rings (SSSR count). The van der Waals surface area contributed by atoms with Gasteiger partial charge in [-0.25, -0.2) is 0 Å². The van der Waals surface area contributed by atoms with Crippen molar-refractivity contribution < 1.29 is 9.47 Å². The Morgan fingerprint density at radius 2 is 1.04 bits per heavy atom. The predicted octanol–water partition coefficient (Wildman–Crippen LogP) is 2.74. The molecule has 0 unspecified atom stereocenters. The third-order valence-corrected chi connectivity index (χ3v) is 5.31. The SMILES string of the molecule is CC1(C)COC([B-](C2=NC(C)(C)CO2)(c2ccccc2)c2ccccc2)=N1. The highest BCUT2D eigenvalue weighted by atomic mass is 16.5.